The molecule has 1 aromatic heterocycles. The summed E-state index contributed by atoms with van der Waals surface area (Å²) in [5.74, 6) is 0.759. The van der Waals surface area contributed by atoms with E-state index in [4.69, 9.17) is 4.74 Å². The Hall–Kier alpha value is -1.85. The van der Waals surface area contributed by atoms with Crippen molar-refractivity contribution in [1.29, 1.82) is 0 Å². The van der Waals surface area contributed by atoms with Crippen molar-refractivity contribution in [3.05, 3.63) is 46.2 Å². The van der Waals surface area contributed by atoms with Crippen LogP contribution in [0.1, 0.15) is 30.7 Å². The van der Waals surface area contributed by atoms with Crippen molar-refractivity contribution < 1.29 is 14.9 Å². The molecule has 0 bridgehead atoms. The van der Waals surface area contributed by atoms with Crippen LogP contribution in [0.4, 0.5) is 0 Å². The zero-order valence-electron chi connectivity index (χ0n) is 12.8. The van der Waals surface area contributed by atoms with Gasteiger partial charge in [0.05, 0.1) is 13.2 Å². The van der Waals surface area contributed by atoms with Crippen molar-refractivity contribution in [2.45, 2.75) is 25.9 Å². The maximum atomic E-state index is 10.4. The zero-order chi connectivity index (χ0) is 16.0. The fourth-order valence-corrected chi connectivity index (χ4v) is 2.71. The molecule has 0 fully saturated rings. The molecular weight excluding hydrogens is 298 g/mol. The molecule has 1 atom stereocenters. The van der Waals surface area contributed by atoms with Gasteiger partial charge in [-0.25, -0.2) is 0 Å². The van der Waals surface area contributed by atoms with Crippen LogP contribution in [0.15, 0.2) is 40.7 Å². The van der Waals surface area contributed by atoms with E-state index in [0.717, 1.165) is 11.3 Å². The van der Waals surface area contributed by atoms with Crippen molar-refractivity contribution >= 4 is 17.6 Å². The molecule has 4 nitrogen and oxygen atoms in total. The van der Waals surface area contributed by atoms with Crippen LogP contribution in [0.3, 0.4) is 0 Å². The summed E-state index contributed by atoms with van der Waals surface area (Å²) < 4.78 is 5.46. The lowest BCUT2D eigenvalue weighted by Crippen LogP contribution is -2.23. The Morgan fingerprint density at radius 1 is 1.36 bits per heavy atom. The van der Waals surface area contributed by atoms with Gasteiger partial charge in [-0.05, 0) is 36.9 Å². The minimum atomic E-state index is -0.996. The highest BCUT2D eigenvalue weighted by molar-refractivity contribution is 7.10. The molecule has 0 spiro atoms. The van der Waals surface area contributed by atoms with Crippen molar-refractivity contribution in [2.75, 3.05) is 13.2 Å². The summed E-state index contributed by atoms with van der Waals surface area (Å²) in [6.45, 7) is 4.62. The molecule has 0 amide bonds. The van der Waals surface area contributed by atoms with E-state index in [0.29, 0.717) is 17.9 Å². The van der Waals surface area contributed by atoms with Gasteiger partial charge in [0.25, 0.3) is 0 Å². The van der Waals surface area contributed by atoms with Crippen molar-refractivity contribution in [2.24, 2.45) is 4.99 Å². The minimum Gasteiger partial charge on any atom is -0.507 e. The highest BCUT2D eigenvalue weighted by atomic mass is 32.1. The molecule has 2 rings (SSSR count). The topological polar surface area (TPSA) is 62.0 Å². The molecule has 1 heterocycles. The van der Waals surface area contributed by atoms with Crippen LogP contribution in [-0.4, -0.2) is 29.6 Å². The third-order valence-corrected chi connectivity index (χ3v) is 4.28. The number of benzene rings is 1. The first-order valence-corrected chi connectivity index (χ1v) is 8.13. The number of nitrogens with zero attached hydrogens (tertiary/aromatic N) is 1. The van der Waals surface area contributed by atoms with E-state index in [1.165, 1.54) is 11.3 Å². The Kier molecular flexibility index (Phi) is 5.57. The molecule has 22 heavy (non-hydrogen) atoms. The number of hydrogen-bond acceptors (Lipinski definition) is 5. The zero-order valence-corrected chi connectivity index (χ0v) is 13.6. The molecule has 0 aliphatic rings. The smallest absolute Gasteiger partial charge is 0.128 e. The minimum absolute atomic E-state index is 0.119. The van der Waals surface area contributed by atoms with Crippen LogP contribution in [0.5, 0.6) is 11.5 Å². The summed E-state index contributed by atoms with van der Waals surface area (Å²) in [7, 11) is 0. The number of phenols is 1. The number of aliphatic hydroxyl groups is 1. The summed E-state index contributed by atoms with van der Waals surface area (Å²) in [5.41, 5.74) is -0.393. The maximum absolute atomic E-state index is 10.4. The number of aliphatic imine (C=N–C) groups is 1. The van der Waals surface area contributed by atoms with E-state index in [9.17, 15) is 10.2 Å². The summed E-state index contributed by atoms with van der Waals surface area (Å²) in [6, 6.07) is 8.92. The Labute approximate surface area is 134 Å². The van der Waals surface area contributed by atoms with Crippen LogP contribution >= 0.6 is 11.3 Å². The standard InChI is InChI=1S/C17H21NO3S/c1-3-8-21-14-7-6-13(15(19)10-14)11-18-12-17(2,20)16-5-4-9-22-16/h4-7,9-11,19-20H,3,8,12H2,1-2H3. The lowest BCUT2D eigenvalue weighted by atomic mass is 10.1. The first kappa shape index (κ1) is 16.5. The SMILES string of the molecule is CCCOc1ccc(C=NCC(C)(O)c2cccs2)c(O)c1. The molecule has 2 N–H and O–H groups in total. The molecule has 5 heteroatoms. The number of rotatable bonds is 7. The van der Waals surface area contributed by atoms with Crippen LogP contribution in [-0.2, 0) is 5.60 Å². The van der Waals surface area contributed by atoms with Gasteiger partial charge in [0, 0.05) is 22.7 Å². The normalized spacial score (nSPS) is 14.1. The van der Waals surface area contributed by atoms with E-state index < -0.39 is 5.60 Å². The van der Waals surface area contributed by atoms with Crippen molar-refractivity contribution in [3.8, 4) is 11.5 Å². The van der Waals surface area contributed by atoms with E-state index in [-0.39, 0.29) is 12.3 Å². The van der Waals surface area contributed by atoms with Crippen molar-refractivity contribution in [1.82, 2.24) is 0 Å². The summed E-state index contributed by atoms with van der Waals surface area (Å²) in [5, 5.41) is 22.3. The molecule has 2 aromatic rings. The molecule has 0 aliphatic heterocycles. The van der Waals surface area contributed by atoms with Crippen LogP contribution < -0.4 is 4.74 Å². The molecule has 1 unspecified atom stereocenters. The van der Waals surface area contributed by atoms with E-state index in [1.807, 2.05) is 24.4 Å². The lowest BCUT2D eigenvalue weighted by molar-refractivity contribution is 0.0714. The fourth-order valence-electron chi connectivity index (χ4n) is 1.93. The molecular formula is C17H21NO3S. The van der Waals surface area contributed by atoms with Gasteiger partial charge in [-0.3, -0.25) is 4.99 Å². The highest BCUT2D eigenvalue weighted by Gasteiger charge is 2.23. The van der Waals surface area contributed by atoms with Gasteiger partial charge in [-0.1, -0.05) is 13.0 Å². The van der Waals surface area contributed by atoms with Gasteiger partial charge in [0.2, 0.25) is 0 Å². The van der Waals surface area contributed by atoms with Gasteiger partial charge < -0.3 is 14.9 Å². The summed E-state index contributed by atoms with van der Waals surface area (Å²) >= 11 is 1.50. The van der Waals surface area contributed by atoms with Gasteiger partial charge >= 0.3 is 0 Å². The summed E-state index contributed by atoms with van der Waals surface area (Å²) in [4.78, 5) is 5.13. The van der Waals surface area contributed by atoms with Gasteiger partial charge in [-0.2, -0.15) is 0 Å². The third-order valence-electron chi connectivity index (χ3n) is 3.16. The second-order valence-corrected chi connectivity index (χ2v) is 6.24. The van der Waals surface area contributed by atoms with Crippen LogP contribution in [0, 0.1) is 0 Å². The molecule has 118 valence electrons. The van der Waals surface area contributed by atoms with E-state index >= 15 is 0 Å². The number of phenolic OH excluding ortho intramolecular Hbond substituents is 1. The van der Waals surface area contributed by atoms with Crippen molar-refractivity contribution in [3.63, 3.8) is 0 Å². The van der Waals surface area contributed by atoms with E-state index in [2.05, 4.69) is 4.99 Å². The van der Waals surface area contributed by atoms with Crippen LogP contribution in [0.25, 0.3) is 0 Å². The monoisotopic (exact) mass is 319 g/mol. The third kappa shape index (κ3) is 4.32. The number of aromatic hydroxyl groups is 1. The molecule has 0 radical (unpaired) electrons. The number of ether oxygens (including phenoxy) is 1. The fraction of sp³-hybridized carbons (Fsp3) is 0.353. The van der Waals surface area contributed by atoms with Gasteiger partial charge in [-0.15, -0.1) is 11.3 Å². The molecule has 0 saturated heterocycles. The van der Waals surface area contributed by atoms with Crippen LogP contribution in [0.2, 0.25) is 0 Å². The average Bonchev–Trinajstić information content (AvgIpc) is 3.02. The van der Waals surface area contributed by atoms with Gasteiger partial charge in [0.15, 0.2) is 0 Å². The highest BCUT2D eigenvalue weighted by Crippen LogP contribution is 2.26. The molecule has 0 saturated carbocycles. The Morgan fingerprint density at radius 2 is 2.18 bits per heavy atom. The Morgan fingerprint density at radius 3 is 2.82 bits per heavy atom. The Bertz CT molecular complexity index is 621. The predicted octanol–water partition coefficient (Wildman–Crippen LogP) is 3.57. The first-order valence-electron chi connectivity index (χ1n) is 7.25. The maximum Gasteiger partial charge on any atom is 0.128 e. The predicted molar refractivity (Wildman–Crippen MR) is 90.2 cm³/mol. The second kappa shape index (κ2) is 7.42. The molecule has 0 aliphatic carbocycles. The Balaban J connectivity index is 2.01. The largest absolute Gasteiger partial charge is 0.507 e. The quantitative estimate of drug-likeness (QED) is 0.767. The molecule has 1 aromatic carbocycles. The second-order valence-electron chi connectivity index (χ2n) is 5.29. The van der Waals surface area contributed by atoms with E-state index in [1.54, 1.807) is 31.3 Å². The first-order chi connectivity index (χ1) is 10.5. The number of thiophene rings is 1. The number of hydrogen-bond donors (Lipinski definition) is 2. The van der Waals surface area contributed by atoms with Gasteiger partial charge in [0.1, 0.15) is 17.1 Å². The summed E-state index contributed by atoms with van der Waals surface area (Å²) in [6.07, 6.45) is 2.49. The lowest BCUT2D eigenvalue weighted by Gasteiger charge is -2.18. The average molecular weight is 319 g/mol.